The fourth-order valence-corrected chi connectivity index (χ4v) is 3.90. The summed E-state index contributed by atoms with van der Waals surface area (Å²) < 4.78 is 5.27. The van der Waals surface area contributed by atoms with Gasteiger partial charge in [0.1, 0.15) is 0 Å². The Bertz CT molecular complexity index is 462. The van der Waals surface area contributed by atoms with Crippen molar-refractivity contribution in [2.45, 2.75) is 44.7 Å². The Morgan fingerprint density at radius 2 is 2.05 bits per heavy atom. The fourth-order valence-electron chi connectivity index (χ4n) is 3.90. The van der Waals surface area contributed by atoms with Crippen LogP contribution in [0.4, 0.5) is 5.69 Å². The predicted octanol–water partition coefficient (Wildman–Crippen LogP) is 2.94. The van der Waals surface area contributed by atoms with Crippen molar-refractivity contribution in [2.24, 2.45) is 0 Å². The Morgan fingerprint density at radius 1 is 1.19 bits per heavy atom. The third kappa shape index (κ3) is 3.24. The Morgan fingerprint density at radius 3 is 2.90 bits per heavy atom. The minimum atomic E-state index is 0.600. The van der Waals surface area contributed by atoms with Crippen LogP contribution < -0.4 is 4.90 Å². The van der Waals surface area contributed by atoms with E-state index in [1.54, 1.807) is 7.11 Å². The van der Waals surface area contributed by atoms with Crippen molar-refractivity contribution in [1.82, 2.24) is 4.90 Å². The van der Waals surface area contributed by atoms with E-state index in [1.165, 1.54) is 50.1 Å². The molecular formula is C18H28N2O. The molecule has 0 saturated carbocycles. The first kappa shape index (κ1) is 14.9. The molecule has 3 rings (SSSR count). The summed E-state index contributed by atoms with van der Waals surface area (Å²) in [6.07, 6.45) is 5.15. The Hall–Kier alpha value is -1.06. The van der Waals surface area contributed by atoms with Gasteiger partial charge in [-0.3, -0.25) is 4.90 Å². The Balaban J connectivity index is 1.79. The second-order valence-corrected chi connectivity index (χ2v) is 6.52. The predicted molar refractivity (Wildman–Crippen MR) is 88.0 cm³/mol. The number of fused-ring (bicyclic) bond motifs is 1. The number of rotatable bonds is 4. The summed E-state index contributed by atoms with van der Waals surface area (Å²) in [5.74, 6) is 0. The van der Waals surface area contributed by atoms with Crippen LogP contribution in [0.2, 0.25) is 0 Å². The molecule has 0 radical (unpaired) electrons. The molecule has 2 aliphatic rings. The monoisotopic (exact) mass is 288 g/mol. The highest BCUT2D eigenvalue weighted by Gasteiger charge is 2.33. The first-order chi connectivity index (χ1) is 10.3. The second kappa shape index (κ2) is 6.80. The number of para-hydroxylation sites is 1. The molecule has 1 aromatic carbocycles. The third-order valence-corrected chi connectivity index (χ3v) is 5.06. The molecule has 0 spiro atoms. The number of ether oxygens (including phenoxy) is 1. The molecule has 2 unspecified atom stereocenters. The van der Waals surface area contributed by atoms with E-state index < -0.39 is 0 Å². The minimum Gasteiger partial charge on any atom is -0.384 e. The van der Waals surface area contributed by atoms with Gasteiger partial charge in [0.2, 0.25) is 0 Å². The molecule has 0 aliphatic carbocycles. The molecule has 2 fully saturated rings. The SMILES string of the molecule is COCCc1ccccc1N1CC2CCCCN2CC1C. The quantitative estimate of drug-likeness (QED) is 0.847. The van der Waals surface area contributed by atoms with Crippen molar-refractivity contribution in [3.63, 3.8) is 0 Å². The number of piperazine rings is 1. The Kier molecular flexibility index (Phi) is 4.81. The van der Waals surface area contributed by atoms with Crippen molar-refractivity contribution in [3.05, 3.63) is 29.8 Å². The van der Waals surface area contributed by atoms with Crippen LogP contribution >= 0.6 is 0 Å². The summed E-state index contributed by atoms with van der Waals surface area (Å²) in [6.45, 7) is 6.87. The number of piperidine rings is 1. The van der Waals surface area contributed by atoms with Crippen LogP contribution in [0.1, 0.15) is 31.7 Å². The van der Waals surface area contributed by atoms with E-state index in [0.717, 1.165) is 19.1 Å². The molecule has 1 aromatic rings. The smallest absolute Gasteiger partial charge is 0.0503 e. The summed E-state index contributed by atoms with van der Waals surface area (Å²) >= 11 is 0. The molecule has 21 heavy (non-hydrogen) atoms. The van der Waals surface area contributed by atoms with Crippen LogP contribution in [0.5, 0.6) is 0 Å². The highest BCUT2D eigenvalue weighted by Crippen LogP contribution is 2.30. The molecule has 2 saturated heterocycles. The lowest BCUT2D eigenvalue weighted by Crippen LogP contribution is -2.59. The molecule has 2 heterocycles. The van der Waals surface area contributed by atoms with Gasteiger partial charge in [0.05, 0.1) is 6.61 Å². The topological polar surface area (TPSA) is 15.7 Å². The maximum atomic E-state index is 5.27. The van der Waals surface area contributed by atoms with Crippen LogP contribution in [-0.2, 0) is 11.2 Å². The second-order valence-electron chi connectivity index (χ2n) is 6.52. The van der Waals surface area contributed by atoms with Gasteiger partial charge in [-0.05, 0) is 44.4 Å². The molecule has 3 heteroatoms. The Labute approximate surface area is 128 Å². The zero-order chi connectivity index (χ0) is 14.7. The molecule has 0 bridgehead atoms. The van der Waals surface area contributed by atoms with Crippen molar-refractivity contribution in [1.29, 1.82) is 0 Å². The van der Waals surface area contributed by atoms with E-state index in [9.17, 15) is 0 Å². The van der Waals surface area contributed by atoms with Crippen molar-refractivity contribution in [2.75, 3.05) is 38.3 Å². The van der Waals surface area contributed by atoms with Gasteiger partial charge in [-0.2, -0.15) is 0 Å². The zero-order valence-corrected chi connectivity index (χ0v) is 13.4. The highest BCUT2D eigenvalue weighted by atomic mass is 16.5. The number of methoxy groups -OCH3 is 1. The maximum absolute atomic E-state index is 5.27. The van der Waals surface area contributed by atoms with E-state index in [0.29, 0.717) is 6.04 Å². The van der Waals surface area contributed by atoms with Gasteiger partial charge in [-0.1, -0.05) is 24.6 Å². The van der Waals surface area contributed by atoms with Crippen LogP contribution in [0.15, 0.2) is 24.3 Å². The van der Waals surface area contributed by atoms with Gasteiger partial charge in [0.25, 0.3) is 0 Å². The number of anilines is 1. The lowest BCUT2D eigenvalue weighted by atomic mass is 9.96. The number of hydrogen-bond acceptors (Lipinski definition) is 3. The average molecular weight is 288 g/mol. The number of hydrogen-bond donors (Lipinski definition) is 0. The van der Waals surface area contributed by atoms with Crippen molar-refractivity contribution < 1.29 is 4.74 Å². The normalized spacial score (nSPS) is 26.7. The van der Waals surface area contributed by atoms with Gasteiger partial charge in [0, 0.05) is 38.0 Å². The average Bonchev–Trinajstić information content (AvgIpc) is 2.52. The van der Waals surface area contributed by atoms with Crippen LogP contribution in [0.25, 0.3) is 0 Å². The fraction of sp³-hybridized carbons (Fsp3) is 0.667. The van der Waals surface area contributed by atoms with Gasteiger partial charge in [-0.15, -0.1) is 0 Å². The summed E-state index contributed by atoms with van der Waals surface area (Å²) in [5, 5.41) is 0. The molecule has 116 valence electrons. The van der Waals surface area contributed by atoms with E-state index in [4.69, 9.17) is 4.74 Å². The molecule has 2 aliphatic heterocycles. The van der Waals surface area contributed by atoms with Crippen LogP contribution in [0.3, 0.4) is 0 Å². The van der Waals surface area contributed by atoms with Gasteiger partial charge >= 0.3 is 0 Å². The number of benzene rings is 1. The summed E-state index contributed by atoms with van der Waals surface area (Å²) in [6, 6.07) is 10.2. The minimum absolute atomic E-state index is 0.600. The maximum Gasteiger partial charge on any atom is 0.0503 e. The van der Waals surface area contributed by atoms with E-state index in [-0.39, 0.29) is 0 Å². The van der Waals surface area contributed by atoms with Crippen molar-refractivity contribution in [3.8, 4) is 0 Å². The summed E-state index contributed by atoms with van der Waals surface area (Å²) in [7, 11) is 1.78. The highest BCUT2D eigenvalue weighted by molar-refractivity contribution is 5.55. The third-order valence-electron chi connectivity index (χ3n) is 5.06. The molecule has 2 atom stereocenters. The summed E-state index contributed by atoms with van der Waals surface area (Å²) in [4.78, 5) is 5.35. The van der Waals surface area contributed by atoms with E-state index in [1.807, 2.05) is 0 Å². The summed E-state index contributed by atoms with van der Waals surface area (Å²) in [5.41, 5.74) is 2.85. The van der Waals surface area contributed by atoms with Gasteiger partial charge in [-0.25, -0.2) is 0 Å². The largest absolute Gasteiger partial charge is 0.384 e. The molecule has 0 amide bonds. The lowest BCUT2D eigenvalue weighted by molar-refractivity contribution is 0.115. The standard InChI is InChI=1S/C18H28N2O/c1-15-13-19-11-6-5-8-17(19)14-20(15)18-9-4-3-7-16(18)10-12-21-2/h3-4,7,9,15,17H,5-6,8,10-14H2,1-2H3. The van der Waals surface area contributed by atoms with E-state index in [2.05, 4.69) is 41.0 Å². The molecule has 3 nitrogen and oxygen atoms in total. The van der Waals surface area contributed by atoms with Gasteiger partial charge in [0.15, 0.2) is 0 Å². The molecule has 0 aromatic heterocycles. The number of nitrogens with zero attached hydrogens (tertiary/aromatic N) is 2. The molecule has 0 N–H and O–H groups in total. The molecular weight excluding hydrogens is 260 g/mol. The van der Waals surface area contributed by atoms with Crippen LogP contribution in [0, 0.1) is 0 Å². The van der Waals surface area contributed by atoms with Crippen molar-refractivity contribution >= 4 is 5.69 Å². The van der Waals surface area contributed by atoms with E-state index >= 15 is 0 Å². The van der Waals surface area contributed by atoms with Crippen LogP contribution in [-0.4, -0.2) is 50.3 Å². The zero-order valence-electron chi connectivity index (χ0n) is 13.4. The van der Waals surface area contributed by atoms with Gasteiger partial charge < -0.3 is 9.64 Å². The lowest BCUT2D eigenvalue weighted by Gasteiger charge is -2.49. The first-order valence-electron chi connectivity index (χ1n) is 8.37. The first-order valence-corrected chi connectivity index (χ1v) is 8.37.